The first-order chi connectivity index (χ1) is 33.4. The molecule has 0 spiro atoms. The second kappa shape index (κ2) is 21.9. The predicted molar refractivity (Wildman–Crippen MR) is 251 cm³/mol. The molecule has 0 aliphatic carbocycles. The molecule has 0 saturated carbocycles. The van der Waals surface area contributed by atoms with Crippen molar-refractivity contribution in [3.63, 3.8) is 0 Å². The number of carbonyl (C=O) groups excluding carboxylic acids is 1. The molecular formula is C49H52N5O14P. The highest BCUT2D eigenvalue weighted by atomic mass is 31.2. The molecule has 8 rings (SSSR count). The maximum atomic E-state index is 13.3. The molecule has 19 nitrogen and oxygen atoms in total. The molecule has 6 atom stereocenters. The molecule has 2 aromatic heterocycles. The molecule has 2 aliphatic rings. The third-order valence-electron chi connectivity index (χ3n) is 12.0. The lowest BCUT2D eigenvalue weighted by Gasteiger charge is -2.37. The van der Waals surface area contributed by atoms with Crippen molar-refractivity contribution in [3.8, 4) is 11.5 Å². The highest BCUT2D eigenvalue weighted by molar-refractivity contribution is 7.39. The van der Waals surface area contributed by atoms with Crippen molar-refractivity contribution >= 4 is 20.3 Å². The first-order valence-corrected chi connectivity index (χ1v) is 23.1. The van der Waals surface area contributed by atoms with Crippen LogP contribution in [-0.4, -0.2) is 93.4 Å². The molecule has 6 aromatic rings. The smallest absolute Gasteiger partial charge is 0.351 e. The first-order valence-electron chi connectivity index (χ1n) is 22.0. The Labute approximate surface area is 397 Å². The molecule has 69 heavy (non-hydrogen) atoms. The summed E-state index contributed by atoms with van der Waals surface area (Å²) in [5.74, 6) is 0.947. The van der Waals surface area contributed by atoms with Crippen LogP contribution < -0.4 is 31.7 Å². The van der Waals surface area contributed by atoms with Gasteiger partial charge in [0.25, 0.3) is 11.5 Å². The number of benzene rings is 4. The van der Waals surface area contributed by atoms with Crippen LogP contribution in [0, 0.1) is 13.8 Å². The van der Waals surface area contributed by atoms with E-state index in [2.05, 4.69) is 15.3 Å². The van der Waals surface area contributed by atoms with E-state index >= 15 is 0 Å². The number of aryl methyl sites for hydroxylation is 2. The number of H-pyrrole nitrogens is 1. The van der Waals surface area contributed by atoms with E-state index in [-0.39, 0.29) is 38.7 Å². The summed E-state index contributed by atoms with van der Waals surface area (Å²) in [6, 6.07) is 33.3. The van der Waals surface area contributed by atoms with Gasteiger partial charge in [0.2, 0.25) is 0 Å². The molecule has 2 saturated heterocycles. The van der Waals surface area contributed by atoms with Crippen LogP contribution in [0.4, 0.5) is 5.82 Å². The quantitative estimate of drug-likeness (QED) is 0.0353. The number of hydrogen-bond acceptors (Lipinski definition) is 15. The fraction of sp³-hybridized carbons (Fsp3) is 0.327. The molecule has 1 amide bonds. The van der Waals surface area contributed by atoms with Gasteiger partial charge >= 0.3 is 20.0 Å². The maximum Gasteiger partial charge on any atom is 0.351 e. The number of nitrogens with zero attached hydrogens (tertiary/aromatic N) is 3. The normalized spacial score (nSPS) is 20.3. The zero-order valence-electron chi connectivity index (χ0n) is 38.1. The summed E-state index contributed by atoms with van der Waals surface area (Å²) in [5, 5.41) is 2.67. The Morgan fingerprint density at radius 3 is 1.91 bits per heavy atom. The van der Waals surface area contributed by atoms with Crippen LogP contribution in [-0.2, 0) is 33.8 Å². The molecule has 362 valence electrons. The van der Waals surface area contributed by atoms with Gasteiger partial charge in [0, 0.05) is 41.9 Å². The van der Waals surface area contributed by atoms with Gasteiger partial charge in [-0.05, 0) is 66.9 Å². The lowest BCUT2D eigenvalue weighted by molar-refractivity contribution is -0.151. The number of ether oxygens (including phenoxy) is 7. The summed E-state index contributed by atoms with van der Waals surface area (Å²) in [7, 11) is 0.360. The number of anilines is 1. The van der Waals surface area contributed by atoms with E-state index in [0.29, 0.717) is 28.2 Å². The van der Waals surface area contributed by atoms with Crippen LogP contribution >= 0.6 is 8.60 Å². The fourth-order valence-electron chi connectivity index (χ4n) is 8.50. The van der Waals surface area contributed by atoms with Crippen molar-refractivity contribution in [1.29, 1.82) is 0 Å². The van der Waals surface area contributed by atoms with Gasteiger partial charge < -0.3 is 52.8 Å². The minimum atomic E-state index is -2.82. The number of nitrogens with one attached hydrogen (secondary N) is 2. The number of methoxy groups -OCH3 is 2. The SMILES string of the molecule is COc1ccc(C(OC[C@H]2O[C@@H](n3cc(C)c(=O)[nH]c3=O)C[C@@H]2OCOC[C@H]2O[C@@H](n3cc(C)c(NC(=O)c4ccccc4)nc3=O)C[C@@H]2OP(O)O)(c2ccccc2)c2ccc(OC)cc2)cc1. The Kier molecular flexibility index (Phi) is 15.6. The summed E-state index contributed by atoms with van der Waals surface area (Å²) in [4.78, 5) is 77.8. The van der Waals surface area contributed by atoms with E-state index < -0.39 is 73.9 Å². The highest BCUT2D eigenvalue weighted by Crippen LogP contribution is 2.43. The minimum absolute atomic E-state index is 0.0298. The molecule has 4 aromatic carbocycles. The van der Waals surface area contributed by atoms with Crippen molar-refractivity contribution in [2.75, 3.05) is 39.5 Å². The van der Waals surface area contributed by atoms with Gasteiger partial charge in [-0.25, -0.2) is 9.59 Å². The lowest BCUT2D eigenvalue weighted by atomic mass is 9.80. The van der Waals surface area contributed by atoms with Crippen LogP contribution in [0.25, 0.3) is 0 Å². The van der Waals surface area contributed by atoms with E-state index in [1.165, 1.54) is 21.5 Å². The zero-order valence-corrected chi connectivity index (χ0v) is 39.0. The minimum Gasteiger partial charge on any atom is -0.497 e. The van der Waals surface area contributed by atoms with Gasteiger partial charge in [0.1, 0.15) is 54.4 Å². The maximum absolute atomic E-state index is 13.3. The highest BCUT2D eigenvalue weighted by Gasteiger charge is 2.44. The van der Waals surface area contributed by atoms with Crippen molar-refractivity contribution in [3.05, 3.63) is 186 Å². The number of rotatable bonds is 19. The molecule has 0 bridgehead atoms. The van der Waals surface area contributed by atoms with Crippen LogP contribution in [0.1, 0.15) is 63.5 Å². The van der Waals surface area contributed by atoms with Crippen molar-refractivity contribution in [2.45, 2.75) is 69.2 Å². The molecule has 4 heterocycles. The zero-order chi connectivity index (χ0) is 48.7. The van der Waals surface area contributed by atoms with Crippen molar-refractivity contribution in [2.24, 2.45) is 0 Å². The summed E-state index contributed by atoms with van der Waals surface area (Å²) >= 11 is 0. The number of aromatic amines is 1. The molecule has 0 radical (unpaired) electrons. The van der Waals surface area contributed by atoms with Crippen LogP contribution in [0.2, 0.25) is 0 Å². The molecule has 0 unspecified atom stereocenters. The van der Waals surface area contributed by atoms with Gasteiger partial charge in [0.05, 0.1) is 39.6 Å². The molecular weight excluding hydrogens is 914 g/mol. The number of carbonyl (C=O) groups is 1. The van der Waals surface area contributed by atoms with Crippen LogP contribution in [0.3, 0.4) is 0 Å². The Balaban J connectivity index is 1.02. The lowest BCUT2D eigenvalue weighted by Crippen LogP contribution is -2.39. The van der Waals surface area contributed by atoms with E-state index in [4.69, 9.17) is 37.7 Å². The average Bonchev–Trinajstić information content (AvgIpc) is 3.96. The summed E-state index contributed by atoms with van der Waals surface area (Å²) in [5.41, 5.74) is 0.425. The standard InChI is InChI=1S/C49H52N5O14P/c1-30-25-53(47(57)51-44(30)50-46(56)32-11-7-5-8-12-32)43-24-39(68-69(59)60)40(66-43)27-63-29-64-38-23-42(54-26-31(2)45(55)52-48(54)58)67-41(38)28-65-49(33-13-9-6-10-14-33,34-15-19-36(61-3)20-16-34)35-17-21-37(62-4)22-18-35/h5-22,25-26,38-43,59-60H,23-24,27-29H2,1-4H3,(H,52,55,58)(H,50,51,56,57)/t38-,39-,40+,41+,42+,43+/m0/s1. The van der Waals surface area contributed by atoms with E-state index in [9.17, 15) is 29.0 Å². The van der Waals surface area contributed by atoms with Crippen LogP contribution in [0.15, 0.2) is 136 Å². The largest absolute Gasteiger partial charge is 0.497 e. The average molecular weight is 966 g/mol. The van der Waals surface area contributed by atoms with Gasteiger partial charge in [-0.1, -0.05) is 72.8 Å². The van der Waals surface area contributed by atoms with Gasteiger partial charge in [-0.15, -0.1) is 0 Å². The summed E-state index contributed by atoms with van der Waals surface area (Å²) in [6.45, 7) is 2.71. The molecule has 2 aliphatic heterocycles. The number of aromatic nitrogens is 4. The van der Waals surface area contributed by atoms with E-state index in [1.54, 1.807) is 58.4 Å². The molecule has 20 heteroatoms. The third-order valence-corrected chi connectivity index (χ3v) is 12.5. The summed E-state index contributed by atoms with van der Waals surface area (Å²) < 4.78 is 51.3. The topological polar surface area (TPSA) is 233 Å². The van der Waals surface area contributed by atoms with Gasteiger partial charge in [0.15, 0.2) is 0 Å². The Morgan fingerprint density at radius 2 is 1.30 bits per heavy atom. The predicted octanol–water partition coefficient (Wildman–Crippen LogP) is 5.22. The van der Waals surface area contributed by atoms with Gasteiger partial charge in [-0.2, -0.15) is 4.98 Å². The van der Waals surface area contributed by atoms with Crippen LogP contribution in [0.5, 0.6) is 11.5 Å². The number of hydrogen-bond donors (Lipinski definition) is 4. The second-order valence-corrected chi connectivity index (χ2v) is 17.1. The Hall–Kier alpha value is -6.38. The molecule has 2 fully saturated rings. The first kappa shape index (κ1) is 49.1. The fourth-order valence-corrected chi connectivity index (χ4v) is 8.96. The van der Waals surface area contributed by atoms with E-state index in [1.807, 2.05) is 78.9 Å². The number of amides is 1. The Morgan fingerprint density at radius 1 is 0.754 bits per heavy atom. The summed E-state index contributed by atoms with van der Waals surface area (Å²) in [6.07, 6.45) is -2.08. The van der Waals surface area contributed by atoms with Gasteiger partial charge in [-0.3, -0.25) is 23.7 Å². The van der Waals surface area contributed by atoms with Crippen molar-refractivity contribution in [1.82, 2.24) is 19.1 Å². The monoisotopic (exact) mass is 965 g/mol. The third kappa shape index (κ3) is 11.1. The molecule has 4 N–H and O–H groups in total. The Bertz CT molecular complexity index is 2820. The van der Waals surface area contributed by atoms with Crippen molar-refractivity contribution < 1.29 is 52.3 Å². The van der Waals surface area contributed by atoms with E-state index in [0.717, 1.165) is 16.7 Å². The second-order valence-electron chi connectivity index (χ2n) is 16.4.